The van der Waals surface area contributed by atoms with Crippen LogP contribution in [0.25, 0.3) is 43.6 Å². The van der Waals surface area contributed by atoms with Crippen molar-refractivity contribution in [2.75, 3.05) is 0 Å². The van der Waals surface area contributed by atoms with Gasteiger partial charge in [-0.25, -0.2) is 0 Å². The van der Waals surface area contributed by atoms with E-state index in [2.05, 4.69) is 132 Å². The summed E-state index contributed by atoms with van der Waals surface area (Å²) in [7, 11) is 0. The SMILES string of the molecule is CCCCCCCCCc1ccc2c(c1)c1ccccc1n2CC#CC#CCn1c2ccccc2c2cc(CCCCCCCCC)ccc21. The minimum atomic E-state index is 0.632. The smallest absolute Gasteiger partial charge is 0.0853 e. The van der Waals surface area contributed by atoms with Crippen LogP contribution in [-0.2, 0) is 25.9 Å². The zero-order chi connectivity index (χ0) is 34.4. The molecular weight excluding hydrogens is 605 g/mol. The summed E-state index contributed by atoms with van der Waals surface area (Å²) in [6, 6.07) is 31.6. The van der Waals surface area contributed by atoms with E-state index in [-0.39, 0.29) is 0 Å². The molecule has 0 unspecified atom stereocenters. The van der Waals surface area contributed by atoms with Crippen molar-refractivity contribution in [1.82, 2.24) is 9.13 Å². The van der Waals surface area contributed by atoms with Crippen molar-refractivity contribution in [1.29, 1.82) is 0 Å². The Morgan fingerprint density at radius 3 is 1.22 bits per heavy atom. The standard InChI is InChI=1S/C48H56N2/c1-3-5-7-9-11-13-17-25-39-31-33-47-43(37-39)41-27-19-21-29-45(41)49(47)35-23-15-16-24-36-50-46-30-22-20-28-42(46)44-38-40(32-34-48(44)50)26-18-14-12-10-8-6-4-2/h19-22,27-34,37-38H,3-14,17-18,25-26,35-36H2,1-2H3. The number of unbranched alkanes of at least 4 members (excludes halogenated alkanes) is 12. The van der Waals surface area contributed by atoms with Gasteiger partial charge >= 0.3 is 0 Å². The van der Waals surface area contributed by atoms with Crippen molar-refractivity contribution >= 4 is 43.6 Å². The molecule has 0 aliphatic rings. The molecule has 0 atom stereocenters. The van der Waals surface area contributed by atoms with E-state index in [9.17, 15) is 0 Å². The molecule has 4 aromatic carbocycles. The monoisotopic (exact) mass is 660 g/mol. The molecule has 0 radical (unpaired) electrons. The Bertz CT molecular complexity index is 1960. The lowest BCUT2D eigenvalue weighted by Gasteiger charge is -2.05. The molecule has 0 fully saturated rings. The fourth-order valence-electron chi connectivity index (χ4n) is 7.75. The Hall–Kier alpha value is -4.40. The third-order valence-corrected chi connectivity index (χ3v) is 10.5. The van der Waals surface area contributed by atoms with E-state index < -0.39 is 0 Å². The second kappa shape index (κ2) is 18.6. The minimum absolute atomic E-state index is 0.632. The number of fused-ring (bicyclic) bond motifs is 6. The highest BCUT2D eigenvalue weighted by Gasteiger charge is 2.12. The van der Waals surface area contributed by atoms with E-state index in [4.69, 9.17) is 0 Å². The Morgan fingerprint density at radius 1 is 0.400 bits per heavy atom. The molecule has 0 N–H and O–H groups in total. The predicted octanol–water partition coefficient (Wildman–Crippen LogP) is 13.2. The maximum absolute atomic E-state index is 3.38. The van der Waals surface area contributed by atoms with Crippen molar-refractivity contribution in [3.63, 3.8) is 0 Å². The molecule has 258 valence electrons. The Balaban J connectivity index is 1.11. The molecule has 2 heteroatoms. The van der Waals surface area contributed by atoms with Crippen molar-refractivity contribution < 1.29 is 0 Å². The molecule has 2 heterocycles. The first kappa shape index (κ1) is 35.4. The number of hydrogen-bond acceptors (Lipinski definition) is 0. The van der Waals surface area contributed by atoms with Crippen molar-refractivity contribution in [3.8, 4) is 23.7 Å². The Kier molecular flexibility index (Phi) is 13.1. The Labute approximate surface area is 301 Å². The largest absolute Gasteiger partial charge is 0.329 e. The van der Waals surface area contributed by atoms with Crippen LogP contribution in [0.4, 0.5) is 0 Å². The summed E-state index contributed by atoms with van der Waals surface area (Å²) in [5.41, 5.74) is 7.89. The number of benzene rings is 4. The second-order valence-electron chi connectivity index (χ2n) is 14.3. The molecule has 50 heavy (non-hydrogen) atoms. The fourth-order valence-corrected chi connectivity index (χ4v) is 7.75. The number of para-hydroxylation sites is 2. The first-order valence-corrected chi connectivity index (χ1v) is 19.7. The first-order chi connectivity index (χ1) is 24.8. The fraction of sp³-hybridized carbons (Fsp3) is 0.417. The van der Waals surface area contributed by atoms with Crippen molar-refractivity contribution in [2.45, 2.75) is 130 Å². The molecule has 0 aliphatic carbocycles. The maximum Gasteiger partial charge on any atom is 0.0853 e. The van der Waals surface area contributed by atoms with Gasteiger partial charge in [-0.2, -0.15) is 0 Å². The van der Waals surface area contributed by atoms with Crippen LogP contribution < -0.4 is 0 Å². The average molecular weight is 661 g/mol. The summed E-state index contributed by atoms with van der Waals surface area (Å²) >= 11 is 0. The summed E-state index contributed by atoms with van der Waals surface area (Å²) in [6.07, 6.45) is 21.2. The summed E-state index contributed by atoms with van der Waals surface area (Å²) in [5, 5.41) is 5.30. The maximum atomic E-state index is 3.38. The van der Waals surface area contributed by atoms with E-state index in [1.807, 2.05) is 0 Å². The molecule has 2 aromatic heterocycles. The van der Waals surface area contributed by atoms with Crippen LogP contribution in [0.5, 0.6) is 0 Å². The van der Waals surface area contributed by atoms with Gasteiger partial charge < -0.3 is 9.13 Å². The highest BCUT2D eigenvalue weighted by atomic mass is 15.0. The van der Waals surface area contributed by atoms with Crippen LogP contribution in [0, 0.1) is 23.7 Å². The van der Waals surface area contributed by atoms with E-state index in [0.29, 0.717) is 13.1 Å². The zero-order valence-corrected chi connectivity index (χ0v) is 30.7. The van der Waals surface area contributed by atoms with Crippen molar-refractivity contribution in [3.05, 3.63) is 96.1 Å². The highest BCUT2D eigenvalue weighted by Crippen LogP contribution is 2.31. The third-order valence-electron chi connectivity index (χ3n) is 10.5. The lowest BCUT2D eigenvalue weighted by Crippen LogP contribution is -1.96. The van der Waals surface area contributed by atoms with Gasteiger partial charge in [-0.05, 0) is 85.0 Å². The van der Waals surface area contributed by atoms with Gasteiger partial charge in [0.1, 0.15) is 0 Å². The van der Waals surface area contributed by atoms with Crippen LogP contribution in [0.2, 0.25) is 0 Å². The van der Waals surface area contributed by atoms with E-state index in [1.165, 1.54) is 145 Å². The van der Waals surface area contributed by atoms with Gasteiger partial charge in [-0.3, -0.25) is 0 Å². The van der Waals surface area contributed by atoms with Gasteiger partial charge in [0, 0.05) is 43.6 Å². The molecule has 2 nitrogen and oxygen atoms in total. The van der Waals surface area contributed by atoms with Crippen LogP contribution in [0.3, 0.4) is 0 Å². The Morgan fingerprint density at radius 2 is 0.780 bits per heavy atom. The van der Waals surface area contributed by atoms with E-state index in [0.717, 1.165) is 12.8 Å². The van der Waals surface area contributed by atoms with E-state index in [1.54, 1.807) is 0 Å². The molecular formula is C48H56N2. The number of hydrogen-bond donors (Lipinski definition) is 0. The van der Waals surface area contributed by atoms with E-state index >= 15 is 0 Å². The normalized spacial score (nSPS) is 11.3. The van der Waals surface area contributed by atoms with Crippen LogP contribution in [0.1, 0.15) is 115 Å². The molecule has 0 saturated heterocycles. The summed E-state index contributed by atoms with van der Waals surface area (Å²) in [5.74, 6) is 13.1. The topological polar surface area (TPSA) is 9.86 Å². The van der Waals surface area contributed by atoms with Gasteiger partial charge in [0.15, 0.2) is 0 Å². The van der Waals surface area contributed by atoms with Gasteiger partial charge in [0.25, 0.3) is 0 Å². The quantitative estimate of drug-likeness (QED) is 0.0641. The molecule has 0 amide bonds. The molecule has 0 saturated carbocycles. The lowest BCUT2D eigenvalue weighted by atomic mass is 10.0. The number of rotatable bonds is 18. The summed E-state index contributed by atoms with van der Waals surface area (Å²) < 4.78 is 4.71. The predicted molar refractivity (Wildman–Crippen MR) is 218 cm³/mol. The van der Waals surface area contributed by atoms with Crippen molar-refractivity contribution in [2.24, 2.45) is 0 Å². The molecule has 0 spiro atoms. The second-order valence-corrected chi connectivity index (χ2v) is 14.3. The molecule has 6 aromatic rings. The lowest BCUT2D eigenvalue weighted by molar-refractivity contribution is 0.589. The van der Waals surface area contributed by atoms with Gasteiger partial charge in [0.2, 0.25) is 0 Å². The third kappa shape index (κ3) is 8.84. The molecule has 0 bridgehead atoms. The van der Waals surface area contributed by atoms with Gasteiger partial charge in [0.05, 0.1) is 13.1 Å². The summed E-state index contributed by atoms with van der Waals surface area (Å²) in [4.78, 5) is 0. The number of aryl methyl sites for hydroxylation is 2. The first-order valence-electron chi connectivity index (χ1n) is 19.7. The molecule has 0 aliphatic heterocycles. The van der Waals surface area contributed by atoms with Crippen LogP contribution in [-0.4, -0.2) is 9.13 Å². The van der Waals surface area contributed by atoms with Crippen LogP contribution in [0.15, 0.2) is 84.9 Å². The zero-order valence-electron chi connectivity index (χ0n) is 30.7. The summed E-state index contributed by atoms with van der Waals surface area (Å²) in [6.45, 7) is 5.84. The number of nitrogens with zero attached hydrogens (tertiary/aromatic N) is 2. The van der Waals surface area contributed by atoms with Gasteiger partial charge in [-0.1, -0.05) is 151 Å². The molecule has 6 rings (SSSR count). The minimum Gasteiger partial charge on any atom is -0.329 e. The van der Waals surface area contributed by atoms with Gasteiger partial charge in [-0.15, -0.1) is 0 Å². The van der Waals surface area contributed by atoms with Crippen LogP contribution >= 0.6 is 0 Å². The highest BCUT2D eigenvalue weighted by molar-refractivity contribution is 6.09. The number of aromatic nitrogens is 2. The average Bonchev–Trinajstić information content (AvgIpc) is 3.63.